The van der Waals surface area contributed by atoms with E-state index in [0.717, 1.165) is 15.7 Å². The van der Waals surface area contributed by atoms with Crippen LogP contribution in [0.1, 0.15) is 11.1 Å². The van der Waals surface area contributed by atoms with E-state index < -0.39 is 0 Å². The standard InChI is InChI=1S/C14H9BrCl2N2/c15-12-5-9(1-4-13(12)17)8-19-14-6-11(16)3-2-10(14)7-18/h1-6,19H,8H2. The second-order valence-electron chi connectivity index (χ2n) is 3.90. The number of nitrogens with one attached hydrogen (secondary N) is 1. The molecule has 0 bridgehead atoms. The Balaban J connectivity index is 2.16. The molecule has 0 unspecified atom stereocenters. The first-order chi connectivity index (χ1) is 9.10. The van der Waals surface area contributed by atoms with Crippen molar-refractivity contribution in [1.29, 1.82) is 5.26 Å². The number of nitriles is 1. The van der Waals surface area contributed by atoms with Crippen LogP contribution in [0, 0.1) is 11.3 Å². The van der Waals surface area contributed by atoms with E-state index >= 15 is 0 Å². The van der Waals surface area contributed by atoms with Gasteiger partial charge in [0.1, 0.15) is 6.07 Å². The molecule has 2 aromatic rings. The van der Waals surface area contributed by atoms with Gasteiger partial charge in [0.2, 0.25) is 0 Å². The Kier molecular flexibility index (Phi) is 4.71. The van der Waals surface area contributed by atoms with Crippen LogP contribution in [0.2, 0.25) is 10.0 Å². The van der Waals surface area contributed by atoms with Crippen LogP contribution >= 0.6 is 39.1 Å². The van der Waals surface area contributed by atoms with Crippen molar-refractivity contribution in [1.82, 2.24) is 0 Å². The first kappa shape index (κ1) is 14.2. The lowest BCUT2D eigenvalue weighted by Crippen LogP contribution is -2.01. The Morgan fingerprint density at radius 2 is 1.95 bits per heavy atom. The van der Waals surface area contributed by atoms with Crippen LogP contribution in [0.15, 0.2) is 40.9 Å². The summed E-state index contributed by atoms with van der Waals surface area (Å²) in [5, 5.41) is 13.5. The summed E-state index contributed by atoms with van der Waals surface area (Å²) in [5.74, 6) is 0. The summed E-state index contributed by atoms with van der Waals surface area (Å²) < 4.78 is 0.847. The predicted octanol–water partition coefficient (Wildman–Crippen LogP) is 5.24. The molecule has 0 radical (unpaired) electrons. The maximum atomic E-state index is 9.03. The van der Waals surface area contributed by atoms with Gasteiger partial charge < -0.3 is 5.32 Å². The van der Waals surface area contributed by atoms with Crippen molar-refractivity contribution in [2.75, 3.05) is 5.32 Å². The Labute approximate surface area is 130 Å². The lowest BCUT2D eigenvalue weighted by molar-refractivity contribution is 1.14. The van der Waals surface area contributed by atoms with Crippen LogP contribution < -0.4 is 5.32 Å². The van der Waals surface area contributed by atoms with Gasteiger partial charge in [0, 0.05) is 16.0 Å². The van der Waals surface area contributed by atoms with Crippen molar-refractivity contribution >= 4 is 44.8 Å². The lowest BCUT2D eigenvalue weighted by atomic mass is 10.1. The molecule has 5 heteroatoms. The number of benzene rings is 2. The molecule has 19 heavy (non-hydrogen) atoms. The molecule has 0 spiro atoms. The highest BCUT2D eigenvalue weighted by Gasteiger charge is 2.04. The van der Waals surface area contributed by atoms with Crippen LogP contribution in [-0.2, 0) is 6.54 Å². The summed E-state index contributed by atoms with van der Waals surface area (Å²) in [5.41, 5.74) is 2.35. The van der Waals surface area contributed by atoms with Gasteiger partial charge in [-0.05, 0) is 51.8 Å². The van der Waals surface area contributed by atoms with Crippen molar-refractivity contribution in [2.45, 2.75) is 6.54 Å². The molecule has 0 atom stereocenters. The number of rotatable bonds is 3. The summed E-state index contributed by atoms with van der Waals surface area (Å²) in [7, 11) is 0. The monoisotopic (exact) mass is 354 g/mol. The van der Waals surface area contributed by atoms with Crippen LogP contribution in [-0.4, -0.2) is 0 Å². The first-order valence-electron chi connectivity index (χ1n) is 5.47. The Hall–Kier alpha value is -1.21. The van der Waals surface area contributed by atoms with Gasteiger partial charge in [-0.2, -0.15) is 5.26 Å². The van der Waals surface area contributed by atoms with Gasteiger partial charge >= 0.3 is 0 Å². The SMILES string of the molecule is N#Cc1ccc(Cl)cc1NCc1ccc(Cl)c(Br)c1. The maximum Gasteiger partial charge on any atom is 0.101 e. The van der Waals surface area contributed by atoms with E-state index in [1.54, 1.807) is 18.2 Å². The lowest BCUT2D eigenvalue weighted by Gasteiger charge is -2.09. The third-order valence-corrected chi connectivity index (χ3v) is 4.02. The zero-order valence-corrected chi connectivity index (χ0v) is 12.9. The Morgan fingerprint density at radius 1 is 1.16 bits per heavy atom. The molecule has 1 N–H and O–H groups in total. The molecular formula is C14H9BrCl2N2. The fourth-order valence-electron chi connectivity index (χ4n) is 1.61. The molecule has 0 aliphatic carbocycles. The van der Waals surface area contributed by atoms with Crippen LogP contribution in [0.5, 0.6) is 0 Å². The molecule has 0 saturated carbocycles. The van der Waals surface area contributed by atoms with Gasteiger partial charge in [-0.25, -0.2) is 0 Å². The smallest absolute Gasteiger partial charge is 0.101 e. The summed E-state index contributed by atoms with van der Waals surface area (Å²) in [6.45, 7) is 0.588. The molecule has 0 aromatic heterocycles. The topological polar surface area (TPSA) is 35.8 Å². The minimum absolute atomic E-state index is 0.567. The van der Waals surface area contributed by atoms with Gasteiger partial charge in [0.25, 0.3) is 0 Å². The molecule has 0 amide bonds. The zero-order valence-electron chi connectivity index (χ0n) is 9.75. The normalized spacial score (nSPS) is 10.0. The third-order valence-electron chi connectivity index (χ3n) is 2.57. The second-order valence-corrected chi connectivity index (χ2v) is 5.60. The van der Waals surface area contributed by atoms with E-state index in [-0.39, 0.29) is 0 Å². The van der Waals surface area contributed by atoms with E-state index in [2.05, 4.69) is 27.3 Å². The molecule has 96 valence electrons. The second kappa shape index (κ2) is 6.29. The van der Waals surface area contributed by atoms with E-state index in [0.29, 0.717) is 22.2 Å². The van der Waals surface area contributed by atoms with Crippen molar-refractivity contribution < 1.29 is 0 Å². The number of hydrogen-bond acceptors (Lipinski definition) is 2. The number of halogens is 3. The molecule has 0 aliphatic heterocycles. The summed E-state index contributed by atoms with van der Waals surface area (Å²) in [4.78, 5) is 0. The highest BCUT2D eigenvalue weighted by Crippen LogP contribution is 2.25. The predicted molar refractivity (Wildman–Crippen MR) is 82.6 cm³/mol. The van der Waals surface area contributed by atoms with Crippen molar-refractivity contribution in [2.24, 2.45) is 0 Å². The van der Waals surface area contributed by atoms with E-state index in [1.165, 1.54) is 0 Å². The number of hydrogen-bond donors (Lipinski definition) is 1. The highest BCUT2D eigenvalue weighted by molar-refractivity contribution is 9.10. The van der Waals surface area contributed by atoms with Crippen molar-refractivity contribution in [3.8, 4) is 6.07 Å². The van der Waals surface area contributed by atoms with Crippen molar-refractivity contribution in [3.63, 3.8) is 0 Å². The minimum atomic E-state index is 0.567. The molecule has 0 heterocycles. The molecule has 2 rings (SSSR count). The summed E-state index contributed by atoms with van der Waals surface area (Å²) >= 11 is 15.2. The van der Waals surface area contributed by atoms with Crippen LogP contribution in [0.4, 0.5) is 5.69 Å². The third kappa shape index (κ3) is 3.63. The summed E-state index contributed by atoms with van der Waals surface area (Å²) in [6.07, 6.45) is 0. The highest BCUT2D eigenvalue weighted by atomic mass is 79.9. The van der Waals surface area contributed by atoms with Gasteiger partial charge in [0.05, 0.1) is 16.3 Å². The van der Waals surface area contributed by atoms with E-state index in [1.807, 2.05) is 18.2 Å². The fourth-order valence-corrected chi connectivity index (χ4v) is 2.32. The number of nitrogens with zero attached hydrogens (tertiary/aromatic N) is 1. The summed E-state index contributed by atoms with van der Waals surface area (Å²) in [6, 6.07) is 13.0. The van der Waals surface area contributed by atoms with E-state index in [9.17, 15) is 0 Å². The molecule has 0 saturated heterocycles. The first-order valence-corrected chi connectivity index (χ1v) is 7.02. The largest absolute Gasteiger partial charge is 0.380 e. The van der Waals surface area contributed by atoms with Gasteiger partial charge in [-0.15, -0.1) is 0 Å². The average Bonchev–Trinajstić information content (AvgIpc) is 2.40. The number of anilines is 1. The zero-order chi connectivity index (χ0) is 13.8. The van der Waals surface area contributed by atoms with Crippen LogP contribution in [0.3, 0.4) is 0 Å². The Morgan fingerprint density at radius 3 is 2.63 bits per heavy atom. The molecule has 2 nitrogen and oxygen atoms in total. The van der Waals surface area contributed by atoms with E-state index in [4.69, 9.17) is 28.5 Å². The fraction of sp³-hybridized carbons (Fsp3) is 0.0714. The van der Waals surface area contributed by atoms with Gasteiger partial charge in [-0.1, -0.05) is 29.3 Å². The molecule has 0 aliphatic rings. The average molecular weight is 356 g/mol. The maximum absolute atomic E-state index is 9.03. The molecular weight excluding hydrogens is 347 g/mol. The van der Waals surface area contributed by atoms with Gasteiger partial charge in [0.15, 0.2) is 0 Å². The molecule has 2 aromatic carbocycles. The quantitative estimate of drug-likeness (QED) is 0.817. The Bertz CT molecular complexity index is 650. The minimum Gasteiger partial charge on any atom is -0.380 e. The molecule has 0 fully saturated rings. The van der Waals surface area contributed by atoms with Crippen LogP contribution in [0.25, 0.3) is 0 Å². The van der Waals surface area contributed by atoms with Gasteiger partial charge in [-0.3, -0.25) is 0 Å². The van der Waals surface area contributed by atoms with Crippen molar-refractivity contribution in [3.05, 3.63) is 62.0 Å².